The normalized spacial score (nSPS) is 10.2. The SMILES string of the molecule is COC(=O)c1cccc(NC(=O)COC(=O)c2ccccc2C(=O)c2cccs2)c1. The Bertz CT molecular complexity index is 1090. The van der Waals surface area contributed by atoms with Gasteiger partial charge in [0.1, 0.15) is 0 Å². The van der Waals surface area contributed by atoms with Crippen LogP contribution in [0.2, 0.25) is 0 Å². The largest absolute Gasteiger partial charge is 0.465 e. The lowest BCUT2D eigenvalue weighted by Crippen LogP contribution is -2.22. The molecule has 0 aliphatic heterocycles. The highest BCUT2D eigenvalue weighted by Gasteiger charge is 2.20. The maximum absolute atomic E-state index is 12.6. The second-order valence-electron chi connectivity index (χ2n) is 6.05. The van der Waals surface area contributed by atoms with Crippen LogP contribution in [0.25, 0.3) is 0 Å². The maximum atomic E-state index is 12.6. The topological polar surface area (TPSA) is 98.8 Å². The Morgan fingerprint density at radius 1 is 0.900 bits per heavy atom. The third-order valence-corrected chi connectivity index (χ3v) is 4.91. The van der Waals surface area contributed by atoms with Crippen LogP contribution in [0.5, 0.6) is 0 Å². The summed E-state index contributed by atoms with van der Waals surface area (Å²) in [6, 6.07) is 15.9. The molecule has 2 aromatic carbocycles. The van der Waals surface area contributed by atoms with E-state index >= 15 is 0 Å². The van der Waals surface area contributed by atoms with Crippen molar-refractivity contribution in [3.63, 3.8) is 0 Å². The Hall–Kier alpha value is -3.78. The fourth-order valence-corrected chi connectivity index (χ4v) is 3.33. The van der Waals surface area contributed by atoms with Crippen molar-refractivity contribution >= 4 is 40.7 Å². The summed E-state index contributed by atoms with van der Waals surface area (Å²) in [5, 5.41) is 4.31. The van der Waals surface area contributed by atoms with Crippen LogP contribution in [-0.2, 0) is 14.3 Å². The van der Waals surface area contributed by atoms with Gasteiger partial charge in [-0.3, -0.25) is 9.59 Å². The zero-order valence-corrected chi connectivity index (χ0v) is 16.7. The highest BCUT2D eigenvalue weighted by Crippen LogP contribution is 2.19. The number of ketones is 1. The van der Waals surface area contributed by atoms with Gasteiger partial charge < -0.3 is 14.8 Å². The summed E-state index contributed by atoms with van der Waals surface area (Å²) in [5.41, 5.74) is 0.910. The minimum Gasteiger partial charge on any atom is -0.465 e. The zero-order chi connectivity index (χ0) is 21.5. The average molecular weight is 423 g/mol. The Balaban J connectivity index is 1.64. The van der Waals surface area contributed by atoms with Crippen LogP contribution in [0.1, 0.15) is 36.0 Å². The number of ether oxygens (including phenoxy) is 2. The van der Waals surface area contributed by atoms with Gasteiger partial charge in [-0.15, -0.1) is 11.3 Å². The summed E-state index contributed by atoms with van der Waals surface area (Å²) < 4.78 is 9.71. The third kappa shape index (κ3) is 4.98. The predicted molar refractivity (Wildman–Crippen MR) is 111 cm³/mol. The van der Waals surface area contributed by atoms with Crippen LogP contribution in [0.4, 0.5) is 5.69 Å². The number of benzene rings is 2. The molecule has 0 unspecified atom stereocenters. The van der Waals surface area contributed by atoms with Gasteiger partial charge in [-0.05, 0) is 35.7 Å². The third-order valence-electron chi connectivity index (χ3n) is 4.04. The van der Waals surface area contributed by atoms with E-state index < -0.39 is 24.5 Å². The first-order valence-electron chi connectivity index (χ1n) is 8.82. The Kier molecular flexibility index (Phi) is 6.71. The van der Waals surface area contributed by atoms with Gasteiger partial charge in [-0.2, -0.15) is 0 Å². The quantitative estimate of drug-likeness (QED) is 0.461. The lowest BCUT2D eigenvalue weighted by atomic mass is 10.0. The van der Waals surface area contributed by atoms with Gasteiger partial charge in [0.05, 0.1) is 23.1 Å². The first-order valence-corrected chi connectivity index (χ1v) is 9.70. The van der Waals surface area contributed by atoms with Crippen molar-refractivity contribution in [3.8, 4) is 0 Å². The van der Waals surface area contributed by atoms with E-state index in [9.17, 15) is 19.2 Å². The van der Waals surface area contributed by atoms with Crippen molar-refractivity contribution in [2.24, 2.45) is 0 Å². The first-order chi connectivity index (χ1) is 14.5. The molecule has 0 radical (unpaired) electrons. The number of carbonyl (C=O) groups is 4. The Morgan fingerprint density at radius 3 is 2.37 bits per heavy atom. The minimum absolute atomic E-state index is 0.0800. The molecule has 1 aromatic heterocycles. The van der Waals surface area contributed by atoms with Crippen molar-refractivity contribution < 1.29 is 28.7 Å². The van der Waals surface area contributed by atoms with Crippen molar-refractivity contribution in [2.45, 2.75) is 0 Å². The van der Waals surface area contributed by atoms with Gasteiger partial charge in [-0.1, -0.05) is 30.3 Å². The molecular weight excluding hydrogens is 406 g/mol. The van der Waals surface area contributed by atoms with Crippen LogP contribution in [-0.4, -0.2) is 37.3 Å². The molecule has 0 bridgehead atoms. The number of thiophene rings is 1. The van der Waals surface area contributed by atoms with Crippen LogP contribution in [0, 0.1) is 0 Å². The monoisotopic (exact) mass is 423 g/mol. The molecule has 3 rings (SSSR count). The molecule has 1 amide bonds. The van der Waals surface area contributed by atoms with E-state index in [1.807, 2.05) is 0 Å². The van der Waals surface area contributed by atoms with Crippen molar-refractivity contribution in [2.75, 3.05) is 19.0 Å². The number of rotatable bonds is 7. The standard InChI is InChI=1S/C22H17NO6S/c1-28-21(26)14-6-4-7-15(12-14)23-19(24)13-29-22(27)17-9-3-2-8-16(17)20(25)18-10-5-11-30-18/h2-12H,13H2,1H3,(H,23,24). The summed E-state index contributed by atoms with van der Waals surface area (Å²) in [5.74, 6) is -2.20. The number of nitrogens with one attached hydrogen (secondary N) is 1. The molecule has 0 fully saturated rings. The predicted octanol–water partition coefficient (Wildman–Crippen LogP) is 3.56. The van der Waals surface area contributed by atoms with Crippen LogP contribution >= 0.6 is 11.3 Å². The Labute approximate surface area is 176 Å². The molecule has 7 nitrogen and oxygen atoms in total. The van der Waals surface area contributed by atoms with E-state index in [1.165, 1.54) is 36.6 Å². The van der Waals surface area contributed by atoms with E-state index in [1.54, 1.807) is 47.8 Å². The molecule has 1 N–H and O–H groups in total. The average Bonchev–Trinajstić information content (AvgIpc) is 3.31. The number of methoxy groups -OCH3 is 1. The van der Waals surface area contributed by atoms with Crippen molar-refractivity contribution in [1.82, 2.24) is 0 Å². The lowest BCUT2D eigenvalue weighted by Gasteiger charge is -2.09. The molecule has 0 saturated heterocycles. The molecule has 0 aliphatic rings. The van der Waals surface area contributed by atoms with E-state index in [2.05, 4.69) is 10.1 Å². The van der Waals surface area contributed by atoms with Gasteiger partial charge in [0.2, 0.25) is 5.78 Å². The smallest absolute Gasteiger partial charge is 0.339 e. The summed E-state index contributed by atoms with van der Waals surface area (Å²) in [7, 11) is 1.26. The summed E-state index contributed by atoms with van der Waals surface area (Å²) in [4.78, 5) is 49.3. The second-order valence-corrected chi connectivity index (χ2v) is 7.00. The minimum atomic E-state index is -0.783. The molecule has 152 valence electrons. The molecule has 0 atom stereocenters. The van der Waals surface area contributed by atoms with Gasteiger partial charge in [0.25, 0.3) is 5.91 Å². The van der Waals surface area contributed by atoms with Crippen LogP contribution < -0.4 is 5.32 Å². The molecule has 8 heteroatoms. The number of esters is 2. The molecule has 0 spiro atoms. The van der Waals surface area contributed by atoms with Crippen LogP contribution in [0.3, 0.4) is 0 Å². The molecule has 30 heavy (non-hydrogen) atoms. The van der Waals surface area contributed by atoms with Gasteiger partial charge in [0.15, 0.2) is 6.61 Å². The maximum Gasteiger partial charge on any atom is 0.339 e. The number of hydrogen-bond donors (Lipinski definition) is 1. The molecule has 3 aromatic rings. The lowest BCUT2D eigenvalue weighted by molar-refractivity contribution is -0.119. The zero-order valence-electron chi connectivity index (χ0n) is 15.9. The molecule has 0 saturated carbocycles. The summed E-state index contributed by atoms with van der Waals surface area (Å²) in [6.07, 6.45) is 0. The molecular formula is C22H17NO6S. The molecule has 1 heterocycles. The summed E-state index contributed by atoms with van der Waals surface area (Å²) in [6.45, 7) is -0.553. The van der Waals surface area contributed by atoms with E-state index in [4.69, 9.17) is 4.74 Å². The first kappa shape index (κ1) is 20.9. The molecule has 0 aliphatic carbocycles. The number of hydrogen-bond acceptors (Lipinski definition) is 7. The second kappa shape index (κ2) is 9.62. The highest BCUT2D eigenvalue weighted by molar-refractivity contribution is 7.12. The highest BCUT2D eigenvalue weighted by atomic mass is 32.1. The van der Waals surface area contributed by atoms with E-state index in [0.717, 1.165) is 0 Å². The van der Waals surface area contributed by atoms with Gasteiger partial charge in [0, 0.05) is 11.3 Å². The van der Waals surface area contributed by atoms with Crippen molar-refractivity contribution in [3.05, 3.63) is 87.6 Å². The van der Waals surface area contributed by atoms with Crippen LogP contribution in [0.15, 0.2) is 66.0 Å². The number of anilines is 1. The van der Waals surface area contributed by atoms with Crippen molar-refractivity contribution in [1.29, 1.82) is 0 Å². The van der Waals surface area contributed by atoms with E-state index in [-0.39, 0.29) is 22.5 Å². The Morgan fingerprint density at radius 2 is 1.67 bits per heavy atom. The van der Waals surface area contributed by atoms with Gasteiger partial charge >= 0.3 is 11.9 Å². The van der Waals surface area contributed by atoms with E-state index in [0.29, 0.717) is 10.6 Å². The van der Waals surface area contributed by atoms with Gasteiger partial charge in [-0.25, -0.2) is 9.59 Å². The fraction of sp³-hybridized carbons (Fsp3) is 0.0909. The number of carbonyl (C=O) groups excluding carboxylic acids is 4. The summed E-state index contributed by atoms with van der Waals surface area (Å²) >= 11 is 1.27. The number of amides is 1. The fourth-order valence-electron chi connectivity index (χ4n) is 2.65.